The van der Waals surface area contributed by atoms with Gasteiger partial charge < -0.3 is 15.2 Å². The lowest BCUT2D eigenvalue weighted by molar-refractivity contribution is 0.0950. The molecule has 0 aliphatic rings. The lowest BCUT2D eigenvalue weighted by Crippen LogP contribution is -2.24. The first kappa shape index (κ1) is 19.7. The van der Waals surface area contributed by atoms with Crippen molar-refractivity contribution >= 4 is 16.7 Å². The summed E-state index contributed by atoms with van der Waals surface area (Å²) in [4.78, 5) is 12.4. The van der Waals surface area contributed by atoms with Crippen molar-refractivity contribution in [3.63, 3.8) is 0 Å². The lowest BCUT2D eigenvalue weighted by atomic mass is 10.0. The van der Waals surface area contributed by atoms with Crippen LogP contribution >= 0.6 is 0 Å². The molecule has 3 rings (SSSR count). The predicted molar refractivity (Wildman–Crippen MR) is 113 cm³/mol. The second kappa shape index (κ2) is 8.79. The number of amides is 1. The van der Waals surface area contributed by atoms with Gasteiger partial charge in [-0.3, -0.25) is 4.79 Å². The molecule has 146 valence electrons. The summed E-state index contributed by atoms with van der Waals surface area (Å²) >= 11 is 0. The monoisotopic (exact) mass is 377 g/mol. The van der Waals surface area contributed by atoms with Gasteiger partial charge in [-0.2, -0.15) is 0 Å². The Bertz CT molecular complexity index is 995. The zero-order valence-electron chi connectivity index (χ0n) is 16.7. The van der Waals surface area contributed by atoms with Crippen molar-refractivity contribution in [2.75, 3.05) is 13.2 Å². The van der Waals surface area contributed by atoms with Crippen LogP contribution in [0.25, 0.3) is 10.8 Å². The fourth-order valence-electron chi connectivity index (χ4n) is 3.35. The third-order valence-electron chi connectivity index (χ3n) is 4.94. The van der Waals surface area contributed by atoms with E-state index in [0.29, 0.717) is 24.1 Å². The molecule has 0 spiro atoms. The molecule has 3 aromatic carbocycles. The number of hydrogen-bond acceptors (Lipinski definition) is 3. The molecule has 0 radical (unpaired) electrons. The highest BCUT2D eigenvalue weighted by Crippen LogP contribution is 2.30. The van der Waals surface area contributed by atoms with Gasteiger partial charge in [0.05, 0.1) is 12.2 Å². The van der Waals surface area contributed by atoms with Crippen LogP contribution in [0.5, 0.6) is 11.5 Å². The van der Waals surface area contributed by atoms with Crippen molar-refractivity contribution in [3.8, 4) is 11.5 Å². The van der Waals surface area contributed by atoms with Gasteiger partial charge in [0.15, 0.2) is 0 Å². The number of phenolic OH excluding ortho intramolecular Hbond substituents is 1. The Kier molecular flexibility index (Phi) is 6.19. The van der Waals surface area contributed by atoms with Crippen LogP contribution < -0.4 is 10.1 Å². The van der Waals surface area contributed by atoms with E-state index in [2.05, 4.69) is 18.3 Å². The number of ether oxygens (including phenoxy) is 1. The first-order chi connectivity index (χ1) is 13.5. The van der Waals surface area contributed by atoms with Crippen molar-refractivity contribution in [1.82, 2.24) is 5.32 Å². The molecule has 0 heterocycles. The van der Waals surface area contributed by atoms with Crippen LogP contribution in [0.4, 0.5) is 0 Å². The van der Waals surface area contributed by atoms with Crippen molar-refractivity contribution in [2.24, 2.45) is 0 Å². The van der Waals surface area contributed by atoms with E-state index in [0.717, 1.165) is 35.1 Å². The number of benzene rings is 3. The highest BCUT2D eigenvalue weighted by molar-refractivity contribution is 6.04. The van der Waals surface area contributed by atoms with Crippen LogP contribution in [0.1, 0.15) is 39.9 Å². The summed E-state index contributed by atoms with van der Waals surface area (Å²) in [7, 11) is 0. The number of carbonyl (C=O) groups excluding carboxylic acids is 1. The fraction of sp³-hybridized carbons (Fsp3) is 0.292. The molecule has 0 bridgehead atoms. The number of aromatic hydroxyl groups is 1. The normalized spacial score (nSPS) is 10.8. The Hall–Kier alpha value is -3.01. The minimum atomic E-state index is -0.254. The number of nitrogens with one attached hydrogen (secondary N) is 1. The van der Waals surface area contributed by atoms with Gasteiger partial charge in [0.25, 0.3) is 5.91 Å². The zero-order chi connectivity index (χ0) is 20.1. The number of hydrogen-bond donors (Lipinski definition) is 2. The van der Waals surface area contributed by atoms with Crippen LogP contribution in [0.3, 0.4) is 0 Å². The molecule has 2 N–H and O–H groups in total. The third-order valence-corrected chi connectivity index (χ3v) is 4.94. The third kappa shape index (κ3) is 4.45. The van der Waals surface area contributed by atoms with E-state index in [-0.39, 0.29) is 11.7 Å². The Labute approximate surface area is 166 Å². The van der Waals surface area contributed by atoms with Gasteiger partial charge in [-0.25, -0.2) is 0 Å². The average Bonchev–Trinajstić information content (AvgIpc) is 2.67. The van der Waals surface area contributed by atoms with E-state index in [4.69, 9.17) is 4.74 Å². The zero-order valence-corrected chi connectivity index (χ0v) is 16.7. The van der Waals surface area contributed by atoms with Crippen LogP contribution in [-0.4, -0.2) is 24.2 Å². The van der Waals surface area contributed by atoms with Crippen LogP contribution in [0, 0.1) is 20.8 Å². The van der Waals surface area contributed by atoms with Gasteiger partial charge in [0.2, 0.25) is 0 Å². The van der Waals surface area contributed by atoms with E-state index in [1.54, 1.807) is 6.07 Å². The minimum Gasteiger partial charge on any atom is -0.506 e. The van der Waals surface area contributed by atoms with Crippen molar-refractivity contribution < 1.29 is 14.6 Å². The smallest absolute Gasteiger partial charge is 0.255 e. The number of unbranched alkanes of at least 4 members (excludes halogenated alkanes) is 1. The summed E-state index contributed by atoms with van der Waals surface area (Å²) in [5.41, 5.74) is 3.74. The topological polar surface area (TPSA) is 58.6 Å². The highest BCUT2D eigenvalue weighted by atomic mass is 16.5. The molecule has 4 heteroatoms. The molecule has 0 fully saturated rings. The first-order valence-corrected chi connectivity index (χ1v) is 9.67. The molecule has 0 saturated carbocycles. The number of carbonyl (C=O) groups is 1. The van der Waals surface area contributed by atoms with Gasteiger partial charge in [-0.1, -0.05) is 42.0 Å². The van der Waals surface area contributed by atoms with E-state index < -0.39 is 0 Å². The molecule has 0 saturated heterocycles. The maximum absolute atomic E-state index is 12.4. The van der Waals surface area contributed by atoms with E-state index in [1.165, 1.54) is 5.56 Å². The van der Waals surface area contributed by atoms with Gasteiger partial charge >= 0.3 is 0 Å². The molecular weight excluding hydrogens is 350 g/mol. The summed E-state index contributed by atoms with van der Waals surface area (Å²) in [5.74, 6) is 0.694. The van der Waals surface area contributed by atoms with Gasteiger partial charge in [-0.15, -0.1) is 0 Å². The van der Waals surface area contributed by atoms with Crippen molar-refractivity contribution in [2.45, 2.75) is 33.6 Å². The maximum atomic E-state index is 12.4. The minimum absolute atomic E-state index is 0.0388. The molecule has 0 aliphatic heterocycles. The Morgan fingerprint density at radius 1 is 0.964 bits per heavy atom. The molecule has 1 amide bonds. The van der Waals surface area contributed by atoms with Gasteiger partial charge in [0, 0.05) is 11.9 Å². The summed E-state index contributed by atoms with van der Waals surface area (Å²) in [6.07, 6.45) is 1.65. The summed E-state index contributed by atoms with van der Waals surface area (Å²) in [5, 5.41) is 15.0. The number of rotatable bonds is 7. The molecule has 3 aromatic rings. The molecular formula is C24H27NO3. The molecule has 0 aliphatic carbocycles. The van der Waals surface area contributed by atoms with E-state index >= 15 is 0 Å². The lowest BCUT2D eigenvalue weighted by Gasteiger charge is -2.11. The molecule has 0 atom stereocenters. The molecule has 28 heavy (non-hydrogen) atoms. The molecule has 0 unspecified atom stereocenters. The number of fused-ring (bicyclic) bond motifs is 1. The van der Waals surface area contributed by atoms with Crippen LogP contribution in [-0.2, 0) is 0 Å². The quantitative estimate of drug-likeness (QED) is 0.566. The Morgan fingerprint density at radius 3 is 2.57 bits per heavy atom. The SMILES string of the molecule is Cc1ccc(OCCCCNC(=O)c2ccc3c(C)cccc3c2O)c(C)c1. The van der Waals surface area contributed by atoms with Crippen LogP contribution in [0.15, 0.2) is 48.5 Å². The number of phenols is 1. The maximum Gasteiger partial charge on any atom is 0.255 e. The summed E-state index contributed by atoms with van der Waals surface area (Å²) < 4.78 is 5.81. The Balaban J connectivity index is 1.48. The Morgan fingerprint density at radius 2 is 1.79 bits per heavy atom. The summed E-state index contributed by atoms with van der Waals surface area (Å²) in [6, 6.07) is 15.4. The number of aryl methyl sites for hydroxylation is 3. The first-order valence-electron chi connectivity index (χ1n) is 9.67. The van der Waals surface area contributed by atoms with E-state index in [1.807, 2.05) is 50.2 Å². The van der Waals surface area contributed by atoms with Crippen molar-refractivity contribution in [3.05, 3.63) is 70.8 Å². The second-order valence-electron chi connectivity index (χ2n) is 7.21. The molecule has 0 aromatic heterocycles. The second-order valence-corrected chi connectivity index (χ2v) is 7.21. The largest absolute Gasteiger partial charge is 0.506 e. The van der Waals surface area contributed by atoms with Gasteiger partial charge in [0.1, 0.15) is 11.5 Å². The summed E-state index contributed by atoms with van der Waals surface area (Å²) in [6.45, 7) is 7.25. The predicted octanol–water partition coefficient (Wildman–Crippen LogP) is 5.06. The molecule has 4 nitrogen and oxygen atoms in total. The van der Waals surface area contributed by atoms with Crippen LogP contribution in [0.2, 0.25) is 0 Å². The van der Waals surface area contributed by atoms with E-state index in [9.17, 15) is 9.90 Å². The average molecular weight is 377 g/mol. The fourth-order valence-corrected chi connectivity index (χ4v) is 3.35. The van der Waals surface area contributed by atoms with Crippen molar-refractivity contribution in [1.29, 1.82) is 0 Å². The highest BCUT2D eigenvalue weighted by Gasteiger charge is 2.14. The van der Waals surface area contributed by atoms with Gasteiger partial charge in [-0.05, 0) is 62.3 Å². The standard InChI is InChI=1S/C24H27NO3/c1-16-9-12-22(18(3)15-16)28-14-5-4-13-25-24(27)21-11-10-19-17(2)7-6-8-20(19)23(21)26/h6-12,15,26H,4-5,13-14H2,1-3H3,(H,25,27).